The first-order valence-corrected chi connectivity index (χ1v) is 6.49. The Balaban J connectivity index is 2.23. The number of nitrogens with zero attached hydrogens (tertiary/aromatic N) is 1. The van der Waals surface area contributed by atoms with Crippen LogP contribution in [0.3, 0.4) is 0 Å². The lowest BCUT2D eigenvalue weighted by Gasteiger charge is -2.28. The van der Waals surface area contributed by atoms with Crippen molar-refractivity contribution in [2.75, 3.05) is 39.4 Å². The van der Waals surface area contributed by atoms with E-state index in [-0.39, 0.29) is 5.91 Å². The number of amides is 1. The molecule has 1 aliphatic heterocycles. The molecule has 1 aliphatic rings. The van der Waals surface area contributed by atoms with Gasteiger partial charge in [0.05, 0.1) is 18.8 Å². The van der Waals surface area contributed by atoms with Crippen molar-refractivity contribution in [2.24, 2.45) is 5.73 Å². The third-order valence-corrected chi connectivity index (χ3v) is 3.53. The Labute approximate surface area is 104 Å². The van der Waals surface area contributed by atoms with Crippen molar-refractivity contribution in [3.05, 3.63) is 0 Å². The van der Waals surface area contributed by atoms with E-state index in [9.17, 15) is 4.79 Å². The van der Waals surface area contributed by atoms with Crippen molar-refractivity contribution in [1.29, 1.82) is 0 Å². The van der Waals surface area contributed by atoms with Gasteiger partial charge in [-0.3, -0.25) is 9.69 Å². The second-order valence-electron chi connectivity index (χ2n) is 4.57. The Kier molecular flexibility index (Phi) is 5.88. The summed E-state index contributed by atoms with van der Waals surface area (Å²) in [5.41, 5.74) is 5.31. The Morgan fingerprint density at radius 2 is 1.94 bits per heavy atom. The molecule has 100 valence electrons. The average Bonchev–Trinajstić information content (AvgIpc) is 2.39. The van der Waals surface area contributed by atoms with Gasteiger partial charge in [0.25, 0.3) is 0 Å². The van der Waals surface area contributed by atoms with E-state index in [0.29, 0.717) is 19.4 Å². The molecule has 1 rings (SSSR count). The number of morpholine rings is 1. The molecule has 0 spiro atoms. The first kappa shape index (κ1) is 14.4. The smallest absolute Gasteiger partial charge is 0.240 e. The summed E-state index contributed by atoms with van der Waals surface area (Å²) in [7, 11) is 0. The van der Waals surface area contributed by atoms with Gasteiger partial charge in [-0.2, -0.15) is 0 Å². The molecule has 1 saturated heterocycles. The zero-order chi connectivity index (χ0) is 12.7. The van der Waals surface area contributed by atoms with Gasteiger partial charge in [0.2, 0.25) is 5.91 Å². The zero-order valence-electron chi connectivity index (χ0n) is 11.0. The van der Waals surface area contributed by atoms with E-state index in [2.05, 4.69) is 10.2 Å². The maximum absolute atomic E-state index is 11.9. The van der Waals surface area contributed by atoms with E-state index in [4.69, 9.17) is 10.5 Å². The van der Waals surface area contributed by atoms with Gasteiger partial charge in [-0.15, -0.1) is 0 Å². The first-order valence-electron chi connectivity index (χ1n) is 6.49. The highest BCUT2D eigenvalue weighted by molar-refractivity contribution is 5.85. The van der Waals surface area contributed by atoms with E-state index in [1.54, 1.807) is 0 Å². The predicted octanol–water partition coefficient (Wildman–Crippen LogP) is -0.0477. The normalized spacial score (nSPS) is 18.1. The summed E-state index contributed by atoms with van der Waals surface area (Å²) in [6, 6.07) is 0. The zero-order valence-corrected chi connectivity index (χ0v) is 11.0. The molecule has 0 atom stereocenters. The summed E-state index contributed by atoms with van der Waals surface area (Å²) in [6.07, 6.45) is 1.35. The Bertz CT molecular complexity index is 236. The maximum Gasteiger partial charge on any atom is 0.240 e. The van der Waals surface area contributed by atoms with Crippen LogP contribution < -0.4 is 11.1 Å². The van der Waals surface area contributed by atoms with Crippen molar-refractivity contribution < 1.29 is 9.53 Å². The van der Waals surface area contributed by atoms with Gasteiger partial charge in [-0.1, -0.05) is 13.8 Å². The summed E-state index contributed by atoms with van der Waals surface area (Å²) in [6.45, 7) is 8.92. The van der Waals surface area contributed by atoms with E-state index in [0.717, 1.165) is 32.8 Å². The van der Waals surface area contributed by atoms with Crippen LogP contribution in [0.2, 0.25) is 0 Å². The van der Waals surface area contributed by atoms with E-state index in [1.807, 2.05) is 13.8 Å². The minimum Gasteiger partial charge on any atom is -0.379 e. The lowest BCUT2D eigenvalue weighted by atomic mass is 9.93. The monoisotopic (exact) mass is 243 g/mol. The number of ether oxygens (including phenoxy) is 1. The maximum atomic E-state index is 11.9. The molecule has 17 heavy (non-hydrogen) atoms. The lowest BCUT2D eigenvalue weighted by molar-refractivity contribution is -0.126. The van der Waals surface area contributed by atoms with Crippen LogP contribution in [-0.4, -0.2) is 55.7 Å². The summed E-state index contributed by atoms with van der Waals surface area (Å²) < 4.78 is 5.27. The molecule has 0 radical (unpaired) electrons. The fourth-order valence-corrected chi connectivity index (χ4v) is 1.90. The number of hydrogen-bond donors (Lipinski definition) is 2. The average molecular weight is 243 g/mol. The summed E-state index contributed by atoms with van der Waals surface area (Å²) in [5, 5.41) is 2.93. The van der Waals surface area contributed by atoms with Gasteiger partial charge in [0.15, 0.2) is 0 Å². The van der Waals surface area contributed by atoms with Crippen molar-refractivity contribution in [1.82, 2.24) is 10.2 Å². The Morgan fingerprint density at radius 3 is 2.47 bits per heavy atom. The Morgan fingerprint density at radius 1 is 1.35 bits per heavy atom. The second kappa shape index (κ2) is 6.93. The Hall–Kier alpha value is -0.650. The highest BCUT2D eigenvalue weighted by Crippen LogP contribution is 2.10. The predicted molar refractivity (Wildman–Crippen MR) is 67.8 cm³/mol. The van der Waals surface area contributed by atoms with Crippen molar-refractivity contribution in [3.63, 3.8) is 0 Å². The highest BCUT2D eigenvalue weighted by atomic mass is 16.5. The van der Waals surface area contributed by atoms with Gasteiger partial charge < -0.3 is 15.8 Å². The van der Waals surface area contributed by atoms with Gasteiger partial charge in [0, 0.05) is 26.2 Å². The summed E-state index contributed by atoms with van der Waals surface area (Å²) in [5.74, 6) is -0.0317. The number of rotatable bonds is 6. The minimum atomic E-state index is -0.703. The topological polar surface area (TPSA) is 67.6 Å². The molecule has 0 aromatic carbocycles. The number of nitrogens with two attached hydrogens (primary N) is 1. The molecule has 0 saturated carbocycles. The quantitative estimate of drug-likeness (QED) is 0.686. The van der Waals surface area contributed by atoms with Crippen LogP contribution in [0.15, 0.2) is 0 Å². The number of carbonyl (C=O) groups is 1. The molecule has 1 amide bonds. The number of carbonyl (C=O) groups excluding carboxylic acids is 1. The number of hydrogen-bond acceptors (Lipinski definition) is 4. The first-order chi connectivity index (χ1) is 8.12. The van der Waals surface area contributed by atoms with Gasteiger partial charge in [0.1, 0.15) is 0 Å². The second-order valence-corrected chi connectivity index (χ2v) is 4.57. The van der Waals surface area contributed by atoms with Crippen LogP contribution in [0.1, 0.15) is 26.7 Å². The molecule has 0 aromatic rings. The van der Waals surface area contributed by atoms with Crippen LogP contribution in [0.5, 0.6) is 0 Å². The van der Waals surface area contributed by atoms with Gasteiger partial charge in [-0.05, 0) is 12.8 Å². The van der Waals surface area contributed by atoms with Crippen LogP contribution in [0.4, 0.5) is 0 Å². The molecule has 1 fully saturated rings. The number of nitrogens with one attached hydrogen (secondary N) is 1. The third kappa shape index (κ3) is 4.26. The van der Waals surface area contributed by atoms with Crippen molar-refractivity contribution >= 4 is 5.91 Å². The molecule has 0 bridgehead atoms. The largest absolute Gasteiger partial charge is 0.379 e. The van der Waals surface area contributed by atoms with Crippen molar-refractivity contribution in [3.8, 4) is 0 Å². The van der Waals surface area contributed by atoms with Gasteiger partial charge >= 0.3 is 0 Å². The van der Waals surface area contributed by atoms with Gasteiger partial charge in [-0.25, -0.2) is 0 Å². The fourth-order valence-electron chi connectivity index (χ4n) is 1.90. The standard InChI is InChI=1S/C12H25N3O2/c1-3-12(13,4-2)11(16)14-5-6-15-7-9-17-10-8-15/h3-10,13H2,1-2H3,(H,14,16). The van der Waals surface area contributed by atoms with E-state index < -0.39 is 5.54 Å². The van der Waals surface area contributed by atoms with Crippen LogP contribution in [-0.2, 0) is 9.53 Å². The molecule has 3 N–H and O–H groups in total. The van der Waals surface area contributed by atoms with Crippen LogP contribution in [0.25, 0.3) is 0 Å². The molecular formula is C12H25N3O2. The minimum absolute atomic E-state index is 0.0317. The third-order valence-electron chi connectivity index (χ3n) is 3.53. The van der Waals surface area contributed by atoms with Crippen molar-refractivity contribution in [2.45, 2.75) is 32.2 Å². The molecular weight excluding hydrogens is 218 g/mol. The molecule has 0 aliphatic carbocycles. The molecule has 5 nitrogen and oxygen atoms in total. The van der Waals surface area contributed by atoms with Crippen LogP contribution >= 0.6 is 0 Å². The van der Waals surface area contributed by atoms with Crippen LogP contribution in [0, 0.1) is 0 Å². The molecule has 0 aromatic heterocycles. The SMILES string of the molecule is CCC(N)(CC)C(=O)NCCN1CCOCC1. The lowest BCUT2D eigenvalue weighted by Crippen LogP contribution is -2.54. The van der Waals surface area contributed by atoms with E-state index >= 15 is 0 Å². The summed E-state index contributed by atoms with van der Waals surface area (Å²) >= 11 is 0. The molecule has 5 heteroatoms. The highest BCUT2D eigenvalue weighted by Gasteiger charge is 2.29. The molecule has 1 heterocycles. The fraction of sp³-hybridized carbons (Fsp3) is 0.917. The van der Waals surface area contributed by atoms with E-state index in [1.165, 1.54) is 0 Å². The summed E-state index contributed by atoms with van der Waals surface area (Å²) in [4.78, 5) is 14.2. The molecule has 0 unspecified atom stereocenters.